The Labute approximate surface area is 189 Å². The van der Waals surface area contributed by atoms with E-state index in [0.29, 0.717) is 25.4 Å². The first-order chi connectivity index (χ1) is 15.5. The van der Waals surface area contributed by atoms with Crippen molar-refractivity contribution in [1.82, 2.24) is 14.4 Å². The zero-order valence-electron chi connectivity index (χ0n) is 19.1. The monoisotopic (exact) mass is 436 g/mol. The molecule has 0 spiro atoms. The maximum absolute atomic E-state index is 13.3. The summed E-state index contributed by atoms with van der Waals surface area (Å²) in [5.41, 5.74) is 2.79. The van der Waals surface area contributed by atoms with E-state index < -0.39 is 0 Å². The third-order valence-corrected chi connectivity index (χ3v) is 5.35. The van der Waals surface area contributed by atoms with Gasteiger partial charge in [0.1, 0.15) is 12.3 Å². The molecular formula is C25H32N4O3. The van der Waals surface area contributed by atoms with Crippen molar-refractivity contribution in [2.75, 3.05) is 18.4 Å². The fourth-order valence-electron chi connectivity index (χ4n) is 3.47. The maximum Gasteiger partial charge on any atom is 0.322 e. The number of hydrogen-bond acceptors (Lipinski definition) is 3. The van der Waals surface area contributed by atoms with Crippen molar-refractivity contribution in [2.45, 2.75) is 39.8 Å². The second-order valence-corrected chi connectivity index (χ2v) is 8.01. The smallest absolute Gasteiger partial charge is 0.322 e. The van der Waals surface area contributed by atoms with Crippen molar-refractivity contribution < 1.29 is 14.0 Å². The Bertz CT molecular complexity index is 1010. The van der Waals surface area contributed by atoms with Gasteiger partial charge in [0, 0.05) is 31.2 Å². The molecule has 7 heteroatoms. The molecule has 2 aromatic heterocycles. The summed E-state index contributed by atoms with van der Waals surface area (Å²) in [5.74, 6) is 0.579. The first-order valence-corrected chi connectivity index (χ1v) is 11.0. The zero-order valence-corrected chi connectivity index (χ0v) is 19.1. The lowest BCUT2D eigenvalue weighted by Crippen LogP contribution is -2.44. The molecule has 2 heterocycles. The van der Waals surface area contributed by atoms with Gasteiger partial charge in [0.25, 0.3) is 0 Å². The number of benzene rings is 1. The second kappa shape index (κ2) is 11.2. The van der Waals surface area contributed by atoms with Crippen molar-refractivity contribution in [3.8, 4) is 0 Å². The van der Waals surface area contributed by atoms with Crippen LogP contribution in [0.4, 0.5) is 10.5 Å². The zero-order chi connectivity index (χ0) is 22.9. The summed E-state index contributed by atoms with van der Waals surface area (Å²) in [7, 11) is 1.95. The number of nitrogens with zero attached hydrogens (tertiary/aromatic N) is 3. The number of carbonyl (C=O) groups is 2. The lowest BCUT2D eigenvalue weighted by Gasteiger charge is -2.27. The van der Waals surface area contributed by atoms with Gasteiger partial charge in [-0.15, -0.1) is 0 Å². The first-order valence-electron chi connectivity index (χ1n) is 11.0. The van der Waals surface area contributed by atoms with Crippen molar-refractivity contribution in [2.24, 2.45) is 7.05 Å². The minimum Gasteiger partial charge on any atom is -0.467 e. The van der Waals surface area contributed by atoms with E-state index in [4.69, 9.17) is 4.42 Å². The van der Waals surface area contributed by atoms with Crippen LogP contribution in [-0.4, -0.2) is 39.4 Å². The Balaban J connectivity index is 1.74. The summed E-state index contributed by atoms with van der Waals surface area (Å²) in [6.45, 7) is 5.34. The Hall–Kier alpha value is -3.48. The van der Waals surface area contributed by atoms with Gasteiger partial charge in [-0.05, 0) is 55.3 Å². The Morgan fingerprint density at radius 1 is 1.06 bits per heavy atom. The predicted molar refractivity (Wildman–Crippen MR) is 125 cm³/mol. The lowest BCUT2D eigenvalue weighted by atomic mass is 10.2. The first kappa shape index (κ1) is 23.2. The number of furan rings is 1. The Morgan fingerprint density at radius 3 is 2.56 bits per heavy atom. The van der Waals surface area contributed by atoms with Crippen LogP contribution in [0.2, 0.25) is 0 Å². The molecule has 0 unspecified atom stereocenters. The van der Waals surface area contributed by atoms with Gasteiger partial charge < -0.3 is 24.1 Å². The van der Waals surface area contributed by atoms with E-state index in [2.05, 4.69) is 12.2 Å². The van der Waals surface area contributed by atoms with Crippen molar-refractivity contribution in [1.29, 1.82) is 0 Å². The number of aromatic nitrogens is 1. The average Bonchev–Trinajstić information content (AvgIpc) is 3.42. The van der Waals surface area contributed by atoms with E-state index >= 15 is 0 Å². The minimum atomic E-state index is -0.269. The van der Waals surface area contributed by atoms with Gasteiger partial charge in [0.2, 0.25) is 5.91 Å². The van der Waals surface area contributed by atoms with Crippen molar-refractivity contribution in [3.63, 3.8) is 0 Å². The topological polar surface area (TPSA) is 70.7 Å². The molecule has 3 rings (SSSR count). The molecule has 0 saturated heterocycles. The molecule has 170 valence electrons. The Kier molecular flexibility index (Phi) is 8.14. The van der Waals surface area contributed by atoms with Gasteiger partial charge >= 0.3 is 6.03 Å². The molecule has 0 aliphatic heterocycles. The van der Waals surface area contributed by atoms with Crippen LogP contribution in [0.15, 0.2) is 65.4 Å². The molecule has 3 amide bonds. The standard InChI is InChI=1S/C25H32N4O3/c1-4-5-14-28(25(31)26-21-10-6-9-20(2)16-21)19-24(30)29(18-23-12-8-15-32-23)17-22-11-7-13-27(22)3/h6-13,15-16H,4-5,14,17-19H2,1-3H3,(H,26,31). The number of anilines is 1. The number of rotatable bonds is 10. The Morgan fingerprint density at radius 2 is 1.91 bits per heavy atom. The summed E-state index contributed by atoms with van der Waals surface area (Å²) >= 11 is 0. The molecule has 7 nitrogen and oxygen atoms in total. The summed E-state index contributed by atoms with van der Waals surface area (Å²) < 4.78 is 7.47. The van der Waals surface area contributed by atoms with Crippen LogP contribution in [0, 0.1) is 6.92 Å². The third kappa shape index (κ3) is 6.51. The molecule has 0 atom stereocenters. The summed E-state index contributed by atoms with van der Waals surface area (Å²) in [5, 5.41) is 2.93. The molecule has 0 aliphatic carbocycles. The van der Waals surface area contributed by atoms with Crippen molar-refractivity contribution >= 4 is 17.6 Å². The van der Waals surface area contributed by atoms with Crippen LogP contribution < -0.4 is 5.32 Å². The highest BCUT2D eigenvalue weighted by molar-refractivity contribution is 5.92. The minimum absolute atomic E-state index is 0.00276. The fraction of sp³-hybridized carbons (Fsp3) is 0.360. The second-order valence-electron chi connectivity index (χ2n) is 8.01. The van der Waals surface area contributed by atoms with E-state index in [1.54, 1.807) is 16.1 Å². The van der Waals surface area contributed by atoms with Crippen LogP contribution in [0.1, 0.15) is 36.8 Å². The third-order valence-electron chi connectivity index (χ3n) is 5.35. The molecule has 1 N–H and O–H groups in total. The highest BCUT2D eigenvalue weighted by atomic mass is 16.3. The average molecular weight is 437 g/mol. The SMILES string of the molecule is CCCCN(CC(=O)N(Cc1ccco1)Cc1cccn1C)C(=O)Nc1cccc(C)c1. The van der Waals surface area contributed by atoms with E-state index in [1.165, 1.54) is 0 Å². The molecule has 0 bridgehead atoms. The molecule has 0 aliphatic rings. The number of aryl methyl sites for hydroxylation is 2. The van der Waals surface area contributed by atoms with Crippen LogP contribution >= 0.6 is 0 Å². The summed E-state index contributed by atoms with van der Waals surface area (Å²) in [6.07, 6.45) is 5.31. The number of nitrogens with one attached hydrogen (secondary N) is 1. The van der Waals surface area contributed by atoms with Gasteiger partial charge in [-0.1, -0.05) is 25.5 Å². The molecular weight excluding hydrogens is 404 g/mol. The number of carbonyl (C=O) groups excluding carboxylic acids is 2. The molecule has 1 aromatic carbocycles. The van der Waals surface area contributed by atoms with E-state index in [1.807, 2.05) is 73.3 Å². The molecule has 0 radical (unpaired) electrons. The molecule has 0 fully saturated rings. The van der Waals surface area contributed by atoms with E-state index in [-0.39, 0.29) is 18.5 Å². The number of amides is 3. The number of urea groups is 1. The van der Waals surface area contributed by atoms with Gasteiger partial charge in [-0.3, -0.25) is 4.79 Å². The maximum atomic E-state index is 13.3. The normalized spacial score (nSPS) is 10.7. The van der Waals surface area contributed by atoms with Crippen molar-refractivity contribution in [3.05, 3.63) is 78.0 Å². The number of unbranched alkanes of at least 4 members (excludes halogenated alkanes) is 1. The lowest BCUT2D eigenvalue weighted by molar-refractivity contribution is -0.133. The fourth-order valence-corrected chi connectivity index (χ4v) is 3.47. The highest BCUT2D eigenvalue weighted by Gasteiger charge is 2.23. The number of hydrogen-bond donors (Lipinski definition) is 1. The highest BCUT2D eigenvalue weighted by Crippen LogP contribution is 2.14. The molecule has 32 heavy (non-hydrogen) atoms. The van der Waals surface area contributed by atoms with Gasteiger partial charge in [0.05, 0.1) is 19.4 Å². The van der Waals surface area contributed by atoms with E-state index in [9.17, 15) is 9.59 Å². The van der Waals surface area contributed by atoms with Gasteiger partial charge in [0.15, 0.2) is 0 Å². The largest absolute Gasteiger partial charge is 0.467 e. The van der Waals surface area contributed by atoms with Crippen LogP contribution in [-0.2, 0) is 24.9 Å². The van der Waals surface area contributed by atoms with E-state index in [0.717, 1.165) is 29.8 Å². The van der Waals surface area contributed by atoms with Gasteiger partial charge in [-0.25, -0.2) is 4.79 Å². The van der Waals surface area contributed by atoms with Crippen LogP contribution in [0.5, 0.6) is 0 Å². The molecule has 0 saturated carbocycles. The predicted octanol–water partition coefficient (Wildman–Crippen LogP) is 4.79. The summed E-state index contributed by atoms with van der Waals surface area (Å²) in [4.78, 5) is 29.7. The van der Waals surface area contributed by atoms with Gasteiger partial charge in [-0.2, -0.15) is 0 Å². The molecule has 3 aromatic rings. The quantitative estimate of drug-likeness (QED) is 0.497. The van der Waals surface area contributed by atoms with Crippen LogP contribution in [0.25, 0.3) is 0 Å². The summed E-state index contributed by atoms with van der Waals surface area (Å²) in [6, 6.07) is 15.0. The van der Waals surface area contributed by atoms with Crippen LogP contribution in [0.3, 0.4) is 0 Å².